The van der Waals surface area contributed by atoms with E-state index < -0.39 is 0 Å². The summed E-state index contributed by atoms with van der Waals surface area (Å²) in [5.41, 5.74) is 2.23. The van der Waals surface area contributed by atoms with Crippen LogP contribution in [0.25, 0.3) is 0 Å². The van der Waals surface area contributed by atoms with E-state index in [2.05, 4.69) is 16.0 Å². The summed E-state index contributed by atoms with van der Waals surface area (Å²) in [5.74, 6) is 1.07. The Morgan fingerprint density at radius 3 is 2.17 bits per heavy atom. The molecule has 3 aromatic carbocycles. The number of para-hydroxylation sites is 3. The molecule has 0 aliphatic carbocycles. The smallest absolute Gasteiger partial charge is 0.226 e. The monoisotopic (exact) mass is 389 g/mol. The van der Waals surface area contributed by atoms with Crippen LogP contribution in [-0.4, -0.2) is 18.4 Å². The predicted octanol–water partition coefficient (Wildman–Crippen LogP) is 4.88. The van der Waals surface area contributed by atoms with Crippen molar-refractivity contribution < 1.29 is 14.3 Å². The van der Waals surface area contributed by atoms with Gasteiger partial charge in [0, 0.05) is 31.3 Å². The van der Waals surface area contributed by atoms with E-state index in [9.17, 15) is 9.59 Å². The lowest BCUT2D eigenvalue weighted by Crippen LogP contribution is -2.16. The van der Waals surface area contributed by atoms with Gasteiger partial charge >= 0.3 is 0 Å². The van der Waals surface area contributed by atoms with Gasteiger partial charge < -0.3 is 20.7 Å². The standard InChI is InChI=1S/C23H23N3O3/c1-17(27)25-19-13-11-18(12-14-19)24-16-15-23(28)26-21-9-5-6-10-22(21)29-20-7-3-2-4-8-20/h2-14,24H,15-16H2,1H3,(H,25,27)(H,26,28). The Balaban J connectivity index is 1.50. The lowest BCUT2D eigenvalue weighted by Gasteiger charge is -2.12. The van der Waals surface area contributed by atoms with Gasteiger partial charge in [0.05, 0.1) is 5.69 Å². The molecule has 6 heteroatoms. The third-order valence-electron chi connectivity index (χ3n) is 4.02. The Bertz CT molecular complexity index is 957. The highest BCUT2D eigenvalue weighted by Gasteiger charge is 2.08. The second kappa shape index (κ2) is 9.94. The number of ether oxygens (including phenoxy) is 1. The van der Waals surface area contributed by atoms with Crippen molar-refractivity contribution in [1.82, 2.24) is 0 Å². The molecule has 0 unspecified atom stereocenters. The van der Waals surface area contributed by atoms with Crippen LogP contribution < -0.4 is 20.7 Å². The fraction of sp³-hybridized carbons (Fsp3) is 0.130. The van der Waals surface area contributed by atoms with Gasteiger partial charge in [-0.1, -0.05) is 30.3 Å². The summed E-state index contributed by atoms with van der Waals surface area (Å²) in [6.45, 7) is 1.95. The fourth-order valence-corrected chi connectivity index (χ4v) is 2.68. The van der Waals surface area contributed by atoms with Crippen LogP contribution in [0, 0.1) is 0 Å². The highest BCUT2D eigenvalue weighted by Crippen LogP contribution is 2.29. The van der Waals surface area contributed by atoms with Gasteiger partial charge in [0.2, 0.25) is 11.8 Å². The van der Waals surface area contributed by atoms with Crippen molar-refractivity contribution >= 4 is 28.9 Å². The second-order valence-corrected chi connectivity index (χ2v) is 6.39. The molecule has 0 aromatic heterocycles. The molecular weight excluding hydrogens is 366 g/mol. The quantitative estimate of drug-likeness (QED) is 0.513. The van der Waals surface area contributed by atoms with Gasteiger partial charge in [0.25, 0.3) is 0 Å². The largest absolute Gasteiger partial charge is 0.455 e. The van der Waals surface area contributed by atoms with Gasteiger partial charge in [-0.3, -0.25) is 9.59 Å². The maximum absolute atomic E-state index is 12.3. The van der Waals surface area contributed by atoms with Crippen LogP contribution in [0.15, 0.2) is 78.9 Å². The molecule has 0 aliphatic heterocycles. The first kappa shape index (κ1) is 19.9. The number of anilines is 3. The SMILES string of the molecule is CC(=O)Nc1ccc(NCCC(=O)Nc2ccccc2Oc2ccccc2)cc1. The number of rotatable bonds is 8. The van der Waals surface area contributed by atoms with Gasteiger partial charge in [-0.15, -0.1) is 0 Å². The van der Waals surface area contributed by atoms with Crippen LogP contribution in [0.2, 0.25) is 0 Å². The molecule has 0 radical (unpaired) electrons. The van der Waals surface area contributed by atoms with Crippen LogP contribution in [0.5, 0.6) is 11.5 Å². The lowest BCUT2D eigenvalue weighted by atomic mass is 10.2. The van der Waals surface area contributed by atoms with Crippen molar-refractivity contribution in [3.8, 4) is 11.5 Å². The van der Waals surface area contributed by atoms with Gasteiger partial charge in [-0.05, 0) is 48.5 Å². The Morgan fingerprint density at radius 1 is 0.793 bits per heavy atom. The molecule has 148 valence electrons. The van der Waals surface area contributed by atoms with Crippen molar-refractivity contribution in [2.75, 3.05) is 22.5 Å². The summed E-state index contributed by atoms with van der Waals surface area (Å²) in [5, 5.41) is 8.80. The molecule has 2 amide bonds. The molecule has 0 saturated heterocycles. The highest BCUT2D eigenvalue weighted by atomic mass is 16.5. The van der Waals surface area contributed by atoms with Crippen LogP contribution in [-0.2, 0) is 9.59 Å². The van der Waals surface area contributed by atoms with E-state index in [4.69, 9.17) is 4.74 Å². The van der Waals surface area contributed by atoms with Crippen LogP contribution in [0.3, 0.4) is 0 Å². The average Bonchev–Trinajstić information content (AvgIpc) is 2.71. The predicted molar refractivity (Wildman–Crippen MR) is 115 cm³/mol. The Labute approximate surface area is 169 Å². The van der Waals surface area contributed by atoms with E-state index in [1.807, 2.05) is 66.7 Å². The third kappa shape index (κ3) is 6.39. The number of benzene rings is 3. The topological polar surface area (TPSA) is 79.5 Å². The Kier molecular flexibility index (Phi) is 6.84. The van der Waals surface area contributed by atoms with Gasteiger partial charge in [0.1, 0.15) is 5.75 Å². The summed E-state index contributed by atoms with van der Waals surface area (Å²) in [7, 11) is 0. The fourth-order valence-electron chi connectivity index (χ4n) is 2.68. The first-order valence-electron chi connectivity index (χ1n) is 9.33. The summed E-state index contributed by atoms with van der Waals surface area (Å²) < 4.78 is 5.86. The molecule has 6 nitrogen and oxygen atoms in total. The van der Waals surface area contributed by atoms with Crippen molar-refractivity contribution in [2.24, 2.45) is 0 Å². The second-order valence-electron chi connectivity index (χ2n) is 6.39. The minimum Gasteiger partial charge on any atom is -0.455 e. The summed E-state index contributed by atoms with van der Waals surface area (Å²) >= 11 is 0. The molecule has 0 fully saturated rings. The lowest BCUT2D eigenvalue weighted by molar-refractivity contribution is -0.116. The number of carbonyl (C=O) groups excluding carboxylic acids is 2. The molecule has 0 aliphatic rings. The summed E-state index contributed by atoms with van der Waals surface area (Å²) in [6.07, 6.45) is 0.299. The maximum Gasteiger partial charge on any atom is 0.226 e. The van der Waals surface area contributed by atoms with E-state index in [-0.39, 0.29) is 11.8 Å². The van der Waals surface area contributed by atoms with Crippen LogP contribution in [0.1, 0.15) is 13.3 Å². The van der Waals surface area contributed by atoms with E-state index in [1.54, 1.807) is 12.1 Å². The zero-order valence-electron chi connectivity index (χ0n) is 16.1. The zero-order valence-corrected chi connectivity index (χ0v) is 16.1. The highest BCUT2D eigenvalue weighted by molar-refractivity contribution is 5.92. The molecule has 0 heterocycles. The molecule has 3 aromatic rings. The minimum atomic E-state index is -0.114. The first-order valence-corrected chi connectivity index (χ1v) is 9.33. The number of amides is 2. The zero-order chi connectivity index (χ0) is 20.5. The molecule has 0 saturated carbocycles. The molecule has 0 atom stereocenters. The van der Waals surface area contributed by atoms with E-state index >= 15 is 0 Å². The summed E-state index contributed by atoms with van der Waals surface area (Å²) in [6, 6.07) is 24.1. The normalized spacial score (nSPS) is 10.1. The summed E-state index contributed by atoms with van der Waals surface area (Å²) in [4.78, 5) is 23.4. The third-order valence-corrected chi connectivity index (χ3v) is 4.02. The van der Waals surface area contributed by atoms with Crippen LogP contribution in [0.4, 0.5) is 17.1 Å². The van der Waals surface area contributed by atoms with Crippen molar-refractivity contribution in [2.45, 2.75) is 13.3 Å². The number of nitrogens with one attached hydrogen (secondary N) is 3. The molecule has 0 bridgehead atoms. The van der Waals surface area contributed by atoms with E-state index in [0.717, 1.165) is 11.4 Å². The molecular formula is C23H23N3O3. The van der Waals surface area contributed by atoms with Crippen molar-refractivity contribution in [1.29, 1.82) is 0 Å². The van der Waals surface area contributed by atoms with Crippen molar-refractivity contribution in [3.63, 3.8) is 0 Å². The van der Waals surface area contributed by atoms with Crippen molar-refractivity contribution in [3.05, 3.63) is 78.9 Å². The number of carbonyl (C=O) groups is 2. The van der Waals surface area contributed by atoms with Gasteiger partial charge in [-0.25, -0.2) is 0 Å². The van der Waals surface area contributed by atoms with Gasteiger partial charge in [0.15, 0.2) is 5.75 Å². The Morgan fingerprint density at radius 2 is 1.45 bits per heavy atom. The molecule has 29 heavy (non-hydrogen) atoms. The van der Waals surface area contributed by atoms with Gasteiger partial charge in [-0.2, -0.15) is 0 Å². The van der Waals surface area contributed by atoms with E-state index in [0.29, 0.717) is 30.2 Å². The first-order chi connectivity index (χ1) is 14.1. The number of hydrogen-bond acceptors (Lipinski definition) is 4. The molecule has 0 spiro atoms. The molecule has 3 rings (SSSR count). The average molecular weight is 389 g/mol. The Hall–Kier alpha value is -3.80. The van der Waals surface area contributed by atoms with E-state index in [1.165, 1.54) is 6.92 Å². The molecule has 3 N–H and O–H groups in total. The number of hydrogen-bond donors (Lipinski definition) is 3. The minimum absolute atomic E-state index is 0.112. The maximum atomic E-state index is 12.3. The van der Waals surface area contributed by atoms with Crippen LogP contribution >= 0.6 is 0 Å².